The molecule has 1 heterocycles. The molecule has 0 radical (unpaired) electrons. The summed E-state index contributed by atoms with van der Waals surface area (Å²) in [5, 5.41) is 4.50. The largest absolute Gasteiger partial charge is 0.351 e. The quantitative estimate of drug-likeness (QED) is 0.901. The number of amides is 1. The molecule has 1 fully saturated rings. The molecule has 1 aromatic carbocycles. The third kappa shape index (κ3) is 2.17. The van der Waals surface area contributed by atoms with E-state index in [-0.39, 0.29) is 5.91 Å². The minimum absolute atomic E-state index is 0.0388. The van der Waals surface area contributed by atoms with E-state index in [2.05, 4.69) is 5.32 Å². The molecule has 1 aliphatic carbocycles. The first-order chi connectivity index (χ1) is 8.25. The molecule has 0 saturated heterocycles. The third-order valence-corrected chi connectivity index (χ3v) is 4.66. The van der Waals surface area contributed by atoms with Crippen molar-refractivity contribution in [1.29, 1.82) is 0 Å². The molecule has 2 aromatic rings. The number of rotatable bonds is 3. The number of hydrogen-bond acceptors (Lipinski definition) is 2. The average Bonchev–Trinajstić information content (AvgIpc) is 3.11. The predicted octanol–water partition coefficient (Wildman–Crippen LogP) is 3.69. The minimum atomic E-state index is -0.0388. The van der Waals surface area contributed by atoms with Crippen molar-refractivity contribution in [3.05, 3.63) is 34.2 Å². The Bertz CT molecular complexity index is 574. The molecular formula is C13H12ClNOS. The molecule has 88 valence electrons. The van der Waals surface area contributed by atoms with Gasteiger partial charge in [-0.05, 0) is 24.8 Å². The maximum Gasteiger partial charge on any atom is 0.262 e. The van der Waals surface area contributed by atoms with Gasteiger partial charge in [-0.25, -0.2) is 0 Å². The van der Waals surface area contributed by atoms with Crippen LogP contribution in [0.3, 0.4) is 0 Å². The maximum absolute atomic E-state index is 12.0. The molecule has 4 heteroatoms. The molecule has 3 rings (SSSR count). The van der Waals surface area contributed by atoms with Crippen LogP contribution in [0.15, 0.2) is 24.3 Å². The van der Waals surface area contributed by atoms with Crippen molar-refractivity contribution in [3.63, 3.8) is 0 Å². The molecule has 0 spiro atoms. The van der Waals surface area contributed by atoms with Crippen molar-refractivity contribution >= 4 is 38.9 Å². The molecule has 1 N–H and O–H groups in total. The fourth-order valence-corrected chi connectivity index (χ4v) is 3.23. The average molecular weight is 266 g/mol. The molecule has 0 unspecified atom stereocenters. The van der Waals surface area contributed by atoms with Gasteiger partial charge >= 0.3 is 0 Å². The van der Waals surface area contributed by atoms with Gasteiger partial charge in [0.1, 0.15) is 4.88 Å². The number of halogens is 1. The highest BCUT2D eigenvalue weighted by molar-refractivity contribution is 7.21. The second kappa shape index (κ2) is 4.31. The molecule has 2 nitrogen and oxygen atoms in total. The van der Waals surface area contributed by atoms with E-state index in [1.54, 1.807) is 0 Å². The first kappa shape index (κ1) is 11.1. The van der Waals surface area contributed by atoms with Crippen LogP contribution in [-0.4, -0.2) is 12.5 Å². The Labute approximate surface area is 109 Å². The molecule has 1 amide bonds. The third-order valence-electron chi connectivity index (χ3n) is 2.99. The zero-order valence-electron chi connectivity index (χ0n) is 9.20. The van der Waals surface area contributed by atoms with Crippen LogP contribution in [0.25, 0.3) is 10.1 Å². The Morgan fingerprint density at radius 2 is 2.18 bits per heavy atom. The number of carbonyl (C=O) groups is 1. The summed E-state index contributed by atoms with van der Waals surface area (Å²) < 4.78 is 1.06. The fourth-order valence-electron chi connectivity index (χ4n) is 1.80. The molecule has 1 aromatic heterocycles. The summed E-state index contributed by atoms with van der Waals surface area (Å²) in [6.45, 7) is 0.781. The Morgan fingerprint density at radius 3 is 2.88 bits per heavy atom. The van der Waals surface area contributed by atoms with Crippen LogP contribution in [0.2, 0.25) is 5.02 Å². The van der Waals surface area contributed by atoms with Crippen LogP contribution in [-0.2, 0) is 0 Å². The van der Waals surface area contributed by atoms with Crippen LogP contribution < -0.4 is 5.32 Å². The number of thiophene rings is 1. The molecule has 17 heavy (non-hydrogen) atoms. The summed E-state index contributed by atoms with van der Waals surface area (Å²) in [6, 6.07) is 7.84. The molecule has 1 saturated carbocycles. The number of fused-ring (bicyclic) bond motifs is 1. The van der Waals surface area contributed by atoms with Gasteiger partial charge in [-0.1, -0.05) is 29.8 Å². The second-order valence-corrected chi connectivity index (χ2v) is 5.82. The normalized spacial score (nSPS) is 15.1. The first-order valence-electron chi connectivity index (χ1n) is 5.71. The number of nitrogens with one attached hydrogen (secondary N) is 1. The standard InChI is InChI=1S/C13H12ClNOS/c14-11-9-3-1-2-4-10(9)17-12(11)13(16)15-7-8-5-6-8/h1-4,8H,5-7H2,(H,15,16). The van der Waals surface area contributed by atoms with Gasteiger partial charge in [0.25, 0.3) is 5.91 Å². The Hall–Kier alpha value is -1.06. The van der Waals surface area contributed by atoms with Crippen LogP contribution in [0.4, 0.5) is 0 Å². The second-order valence-electron chi connectivity index (χ2n) is 4.39. The summed E-state index contributed by atoms with van der Waals surface area (Å²) in [5.74, 6) is 0.648. The molecule has 0 aliphatic heterocycles. The van der Waals surface area contributed by atoms with Crippen molar-refractivity contribution in [1.82, 2.24) is 5.32 Å². The number of hydrogen-bond donors (Lipinski definition) is 1. The van der Waals surface area contributed by atoms with Crippen LogP contribution >= 0.6 is 22.9 Å². The Morgan fingerprint density at radius 1 is 1.41 bits per heavy atom. The van der Waals surface area contributed by atoms with Gasteiger partial charge in [0.2, 0.25) is 0 Å². The van der Waals surface area contributed by atoms with Gasteiger partial charge in [0.05, 0.1) is 5.02 Å². The van der Waals surface area contributed by atoms with E-state index >= 15 is 0 Å². The minimum Gasteiger partial charge on any atom is -0.351 e. The van der Waals surface area contributed by atoms with E-state index in [1.807, 2.05) is 24.3 Å². The van der Waals surface area contributed by atoms with E-state index in [0.29, 0.717) is 15.8 Å². The van der Waals surface area contributed by atoms with E-state index < -0.39 is 0 Å². The van der Waals surface area contributed by atoms with Crippen molar-refractivity contribution in [2.75, 3.05) is 6.54 Å². The first-order valence-corrected chi connectivity index (χ1v) is 6.90. The van der Waals surface area contributed by atoms with Gasteiger partial charge in [-0.15, -0.1) is 11.3 Å². The lowest BCUT2D eigenvalue weighted by atomic mass is 10.2. The lowest BCUT2D eigenvalue weighted by molar-refractivity contribution is 0.0956. The lowest BCUT2D eigenvalue weighted by Crippen LogP contribution is -2.24. The fraction of sp³-hybridized carbons (Fsp3) is 0.308. The van der Waals surface area contributed by atoms with E-state index in [9.17, 15) is 4.79 Å². The van der Waals surface area contributed by atoms with E-state index in [4.69, 9.17) is 11.6 Å². The van der Waals surface area contributed by atoms with Crippen LogP contribution in [0.1, 0.15) is 22.5 Å². The molecular weight excluding hydrogens is 254 g/mol. The lowest BCUT2D eigenvalue weighted by Gasteiger charge is -2.01. The van der Waals surface area contributed by atoms with Crippen LogP contribution in [0, 0.1) is 5.92 Å². The van der Waals surface area contributed by atoms with Gasteiger partial charge in [0, 0.05) is 16.6 Å². The van der Waals surface area contributed by atoms with Gasteiger partial charge in [-0.3, -0.25) is 4.79 Å². The van der Waals surface area contributed by atoms with Crippen molar-refractivity contribution in [2.45, 2.75) is 12.8 Å². The van der Waals surface area contributed by atoms with E-state index in [0.717, 1.165) is 16.6 Å². The molecule has 0 bridgehead atoms. The summed E-state index contributed by atoms with van der Waals surface area (Å²) in [6.07, 6.45) is 2.47. The molecule has 0 atom stereocenters. The van der Waals surface area contributed by atoms with Crippen molar-refractivity contribution in [3.8, 4) is 0 Å². The van der Waals surface area contributed by atoms with Gasteiger partial charge in [-0.2, -0.15) is 0 Å². The summed E-state index contributed by atoms with van der Waals surface area (Å²) in [4.78, 5) is 12.6. The zero-order chi connectivity index (χ0) is 11.8. The predicted molar refractivity (Wildman–Crippen MR) is 71.9 cm³/mol. The van der Waals surface area contributed by atoms with Gasteiger partial charge in [0.15, 0.2) is 0 Å². The highest BCUT2D eigenvalue weighted by Gasteiger charge is 2.23. The van der Waals surface area contributed by atoms with Crippen LogP contribution in [0.5, 0.6) is 0 Å². The Balaban J connectivity index is 1.87. The molecule has 1 aliphatic rings. The Kier molecular flexibility index (Phi) is 2.81. The van der Waals surface area contributed by atoms with Gasteiger partial charge < -0.3 is 5.32 Å². The smallest absolute Gasteiger partial charge is 0.262 e. The summed E-state index contributed by atoms with van der Waals surface area (Å²) in [7, 11) is 0. The van der Waals surface area contributed by atoms with Crippen molar-refractivity contribution in [2.24, 2.45) is 5.92 Å². The maximum atomic E-state index is 12.0. The van der Waals surface area contributed by atoms with E-state index in [1.165, 1.54) is 24.2 Å². The SMILES string of the molecule is O=C(NCC1CC1)c1sc2ccccc2c1Cl. The zero-order valence-corrected chi connectivity index (χ0v) is 10.8. The number of carbonyl (C=O) groups excluding carboxylic acids is 1. The topological polar surface area (TPSA) is 29.1 Å². The number of benzene rings is 1. The summed E-state index contributed by atoms with van der Waals surface area (Å²) >= 11 is 7.69. The monoisotopic (exact) mass is 265 g/mol. The highest BCUT2D eigenvalue weighted by atomic mass is 35.5. The summed E-state index contributed by atoms with van der Waals surface area (Å²) in [5.41, 5.74) is 0. The highest BCUT2D eigenvalue weighted by Crippen LogP contribution is 2.35. The van der Waals surface area contributed by atoms with Crippen molar-refractivity contribution < 1.29 is 4.79 Å².